The summed E-state index contributed by atoms with van der Waals surface area (Å²) in [7, 11) is 0. The van der Waals surface area contributed by atoms with Crippen LogP contribution in [0.1, 0.15) is 84.1 Å². The van der Waals surface area contributed by atoms with E-state index in [2.05, 4.69) is 51.1 Å². The van der Waals surface area contributed by atoms with Gasteiger partial charge in [-0.2, -0.15) is 0 Å². The van der Waals surface area contributed by atoms with Crippen molar-refractivity contribution in [2.24, 2.45) is 11.7 Å². The Balaban J connectivity index is 0.00000484. The van der Waals surface area contributed by atoms with Crippen LogP contribution >= 0.6 is 12.4 Å². The highest BCUT2D eigenvalue weighted by Crippen LogP contribution is 2.32. The maximum absolute atomic E-state index is 6.93. The van der Waals surface area contributed by atoms with Crippen molar-refractivity contribution < 1.29 is 0 Å². The summed E-state index contributed by atoms with van der Waals surface area (Å²) < 4.78 is 0. The topological polar surface area (TPSA) is 26.0 Å². The summed E-state index contributed by atoms with van der Waals surface area (Å²) in [6.45, 7) is 6.82. The van der Waals surface area contributed by atoms with Gasteiger partial charge in [-0.15, -0.1) is 12.4 Å². The molecule has 0 aliphatic rings. The smallest absolute Gasteiger partial charge is 0.0185 e. The largest absolute Gasteiger partial charge is 0.325 e. The van der Waals surface area contributed by atoms with Gasteiger partial charge >= 0.3 is 0 Å². The fourth-order valence-electron chi connectivity index (χ4n) is 3.77. The van der Waals surface area contributed by atoms with Crippen LogP contribution < -0.4 is 5.73 Å². The molecule has 0 aliphatic carbocycles. The van der Waals surface area contributed by atoms with Crippen LogP contribution in [-0.4, -0.2) is 5.54 Å². The van der Waals surface area contributed by atoms with Gasteiger partial charge in [0, 0.05) is 5.54 Å². The van der Waals surface area contributed by atoms with E-state index < -0.39 is 0 Å². The van der Waals surface area contributed by atoms with Crippen molar-refractivity contribution in [1.82, 2.24) is 0 Å². The molecule has 1 aromatic rings. The van der Waals surface area contributed by atoms with Crippen molar-refractivity contribution in [2.45, 2.75) is 90.5 Å². The molecule has 0 bridgehead atoms. The van der Waals surface area contributed by atoms with Gasteiger partial charge in [-0.3, -0.25) is 0 Å². The molecular weight excluding hydrogens is 302 g/mol. The van der Waals surface area contributed by atoms with Crippen molar-refractivity contribution in [3.05, 3.63) is 35.9 Å². The lowest BCUT2D eigenvalue weighted by molar-refractivity contribution is 0.211. The Labute approximate surface area is 150 Å². The van der Waals surface area contributed by atoms with Gasteiger partial charge in [-0.05, 0) is 37.2 Å². The van der Waals surface area contributed by atoms with Crippen LogP contribution in [0.15, 0.2) is 30.3 Å². The molecule has 2 N–H and O–H groups in total. The Bertz CT molecular complexity index is 371. The van der Waals surface area contributed by atoms with Crippen LogP contribution in [0.25, 0.3) is 0 Å². The standard InChI is InChI=1S/C21H37N.ClH/c1-4-7-8-12-15-20(18-19-13-10-9-11-14-19)21(22,16-5-2)17-6-3;/h9-11,13-14,20H,4-8,12,15-18,22H2,1-3H3;1H. The van der Waals surface area contributed by atoms with Crippen molar-refractivity contribution >= 4 is 12.4 Å². The minimum atomic E-state index is 0. The molecule has 134 valence electrons. The fourth-order valence-corrected chi connectivity index (χ4v) is 3.77. The molecule has 2 heteroatoms. The predicted molar refractivity (Wildman–Crippen MR) is 106 cm³/mol. The van der Waals surface area contributed by atoms with Gasteiger partial charge in [0.25, 0.3) is 0 Å². The maximum atomic E-state index is 6.93. The molecule has 0 aliphatic heterocycles. The van der Waals surface area contributed by atoms with Gasteiger partial charge in [-0.1, -0.05) is 89.6 Å². The lowest BCUT2D eigenvalue weighted by Gasteiger charge is -2.38. The Morgan fingerprint density at radius 1 is 0.870 bits per heavy atom. The van der Waals surface area contributed by atoms with Crippen LogP contribution in [0.2, 0.25) is 0 Å². The fraction of sp³-hybridized carbons (Fsp3) is 0.714. The minimum absolute atomic E-state index is 0. The van der Waals surface area contributed by atoms with Crippen molar-refractivity contribution in [1.29, 1.82) is 0 Å². The summed E-state index contributed by atoms with van der Waals surface area (Å²) in [6.07, 6.45) is 12.5. The highest BCUT2D eigenvalue weighted by Gasteiger charge is 2.32. The summed E-state index contributed by atoms with van der Waals surface area (Å²) in [5, 5.41) is 0. The second kappa shape index (κ2) is 12.8. The van der Waals surface area contributed by atoms with Gasteiger partial charge in [0.15, 0.2) is 0 Å². The van der Waals surface area contributed by atoms with Crippen LogP contribution in [-0.2, 0) is 6.42 Å². The number of benzene rings is 1. The first-order chi connectivity index (χ1) is 10.7. The quantitative estimate of drug-likeness (QED) is 0.430. The molecule has 0 fully saturated rings. The van der Waals surface area contributed by atoms with E-state index in [4.69, 9.17) is 5.73 Å². The Morgan fingerprint density at radius 3 is 2.00 bits per heavy atom. The summed E-state index contributed by atoms with van der Waals surface area (Å²) in [4.78, 5) is 0. The van der Waals surface area contributed by atoms with E-state index >= 15 is 0 Å². The number of hydrogen-bond acceptors (Lipinski definition) is 1. The van der Waals surface area contributed by atoms with Crippen molar-refractivity contribution in [2.75, 3.05) is 0 Å². The third-order valence-corrected chi connectivity index (χ3v) is 4.98. The molecule has 1 rings (SSSR count). The number of unbranched alkanes of at least 4 members (excludes halogenated alkanes) is 3. The Kier molecular flexibility index (Phi) is 12.5. The van der Waals surface area contributed by atoms with Crippen molar-refractivity contribution in [3.63, 3.8) is 0 Å². The summed E-state index contributed by atoms with van der Waals surface area (Å²) in [5.41, 5.74) is 8.39. The highest BCUT2D eigenvalue weighted by molar-refractivity contribution is 5.85. The van der Waals surface area contributed by atoms with E-state index in [1.165, 1.54) is 50.5 Å². The van der Waals surface area contributed by atoms with E-state index in [9.17, 15) is 0 Å². The second-order valence-corrected chi connectivity index (χ2v) is 6.97. The highest BCUT2D eigenvalue weighted by atomic mass is 35.5. The van der Waals surface area contributed by atoms with Crippen LogP contribution in [0.3, 0.4) is 0 Å². The monoisotopic (exact) mass is 339 g/mol. The molecule has 23 heavy (non-hydrogen) atoms. The number of hydrogen-bond donors (Lipinski definition) is 1. The first kappa shape index (κ1) is 22.5. The van der Waals surface area contributed by atoms with E-state index in [1.807, 2.05) is 0 Å². The molecule has 0 radical (unpaired) electrons. The molecule has 0 saturated carbocycles. The van der Waals surface area contributed by atoms with Gasteiger partial charge in [0.2, 0.25) is 0 Å². The molecule has 1 aromatic carbocycles. The molecule has 1 atom stereocenters. The maximum Gasteiger partial charge on any atom is 0.0185 e. The molecule has 0 amide bonds. The van der Waals surface area contributed by atoms with E-state index in [1.54, 1.807) is 0 Å². The lowest BCUT2D eigenvalue weighted by Crippen LogP contribution is -2.48. The van der Waals surface area contributed by atoms with E-state index in [-0.39, 0.29) is 17.9 Å². The normalized spacial score (nSPS) is 12.7. The summed E-state index contributed by atoms with van der Waals surface area (Å²) in [5.74, 6) is 0.617. The number of nitrogens with two attached hydrogens (primary N) is 1. The van der Waals surface area contributed by atoms with Gasteiger partial charge in [0.1, 0.15) is 0 Å². The molecular formula is C21H38ClN. The molecule has 1 unspecified atom stereocenters. The Morgan fingerprint density at radius 2 is 1.48 bits per heavy atom. The van der Waals surface area contributed by atoms with Crippen LogP contribution in [0.4, 0.5) is 0 Å². The molecule has 0 saturated heterocycles. The predicted octanol–water partition coefficient (Wildman–Crippen LogP) is 6.54. The Hall–Kier alpha value is -0.530. The van der Waals surface area contributed by atoms with Crippen LogP contribution in [0.5, 0.6) is 0 Å². The van der Waals surface area contributed by atoms with Gasteiger partial charge < -0.3 is 5.73 Å². The first-order valence-corrected chi connectivity index (χ1v) is 9.49. The first-order valence-electron chi connectivity index (χ1n) is 9.49. The zero-order chi connectivity index (χ0) is 16.3. The third-order valence-electron chi connectivity index (χ3n) is 4.98. The second-order valence-electron chi connectivity index (χ2n) is 6.97. The van der Waals surface area contributed by atoms with E-state index in [0.717, 1.165) is 19.3 Å². The van der Waals surface area contributed by atoms with Gasteiger partial charge in [0.05, 0.1) is 0 Å². The average molecular weight is 340 g/mol. The zero-order valence-electron chi connectivity index (χ0n) is 15.5. The lowest BCUT2D eigenvalue weighted by atomic mass is 9.72. The molecule has 0 spiro atoms. The molecule has 1 nitrogen and oxygen atoms in total. The number of rotatable bonds is 12. The number of halogens is 1. The minimum Gasteiger partial charge on any atom is -0.325 e. The summed E-state index contributed by atoms with van der Waals surface area (Å²) in [6, 6.07) is 10.9. The zero-order valence-corrected chi connectivity index (χ0v) is 16.3. The third kappa shape index (κ3) is 8.22. The SMILES string of the molecule is CCCCCCC(Cc1ccccc1)C(N)(CCC)CCC.Cl. The summed E-state index contributed by atoms with van der Waals surface area (Å²) >= 11 is 0. The molecule has 0 heterocycles. The van der Waals surface area contributed by atoms with E-state index in [0.29, 0.717) is 5.92 Å². The van der Waals surface area contributed by atoms with Crippen molar-refractivity contribution in [3.8, 4) is 0 Å². The van der Waals surface area contributed by atoms with Gasteiger partial charge in [-0.25, -0.2) is 0 Å². The molecule has 0 aromatic heterocycles. The van der Waals surface area contributed by atoms with Crippen LogP contribution in [0, 0.1) is 5.92 Å². The average Bonchev–Trinajstić information content (AvgIpc) is 2.52.